The van der Waals surface area contributed by atoms with E-state index < -0.39 is 17.7 Å². The number of benzene rings is 2. The summed E-state index contributed by atoms with van der Waals surface area (Å²) < 4.78 is 6.19. The first-order valence-corrected chi connectivity index (χ1v) is 12.7. The Kier molecular flexibility index (Phi) is 6.07. The quantitative estimate of drug-likeness (QED) is 0.207. The van der Waals surface area contributed by atoms with E-state index in [2.05, 4.69) is 31.8 Å². The lowest BCUT2D eigenvalue weighted by Crippen LogP contribution is -2.29. The Morgan fingerprint density at radius 3 is 2.54 bits per heavy atom. The topological polar surface area (TPSA) is 92.6 Å². The fraction of sp³-hybridized carbons (Fsp3) is 0.241. The maximum Gasteiger partial charge on any atom is 0.301 e. The number of hydrogen-bond donors (Lipinski definition) is 1. The molecule has 1 unspecified atom stereocenters. The third-order valence-electron chi connectivity index (χ3n) is 6.58. The van der Waals surface area contributed by atoms with Gasteiger partial charge in [-0.3, -0.25) is 19.5 Å². The summed E-state index contributed by atoms with van der Waals surface area (Å²) in [6, 6.07) is 13.9. The van der Waals surface area contributed by atoms with Crippen LogP contribution in [0.3, 0.4) is 0 Å². The predicted molar refractivity (Wildman–Crippen MR) is 145 cm³/mol. The number of nitrogens with zero attached hydrogens (tertiary/aromatic N) is 3. The lowest BCUT2D eigenvalue weighted by molar-refractivity contribution is -0.132. The van der Waals surface area contributed by atoms with Crippen LogP contribution in [0.1, 0.15) is 49.1 Å². The molecule has 37 heavy (non-hydrogen) atoms. The number of rotatable bonds is 4. The first kappa shape index (κ1) is 24.6. The molecule has 1 atom stereocenters. The van der Waals surface area contributed by atoms with E-state index in [1.54, 1.807) is 49.8 Å². The lowest BCUT2D eigenvalue weighted by Gasteiger charge is -2.22. The van der Waals surface area contributed by atoms with Gasteiger partial charge in [-0.2, -0.15) is 0 Å². The number of hydrogen-bond acceptors (Lipinski definition) is 7. The second kappa shape index (κ2) is 9.12. The number of amides is 1. The van der Waals surface area contributed by atoms with Crippen molar-refractivity contribution in [2.24, 2.45) is 0 Å². The van der Waals surface area contributed by atoms with E-state index in [-0.39, 0.29) is 16.7 Å². The predicted octanol–water partition coefficient (Wildman–Crippen LogP) is 5.93. The van der Waals surface area contributed by atoms with Crippen LogP contribution in [0.15, 0.2) is 66.5 Å². The Hall–Kier alpha value is -4.04. The van der Waals surface area contributed by atoms with Crippen molar-refractivity contribution in [2.45, 2.75) is 39.2 Å². The molecule has 0 saturated carbocycles. The van der Waals surface area contributed by atoms with Crippen LogP contribution >= 0.6 is 11.3 Å². The summed E-state index contributed by atoms with van der Waals surface area (Å²) in [5.41, 5.74) is 3.61. The Labute approximate surface area is 219 Å². The zero-order valence-corrected chi connectivity index (χ0v) is 22.1. The van der Waals surface area contributed by atoms with Gasteiger partial charge in [0.25, 0.3) is 5.78 Å². The van der Waals surface area contributed by atoms with Crippen molar-refractivity contribution < 1.29 is 19.4 Å². The van der Waals surface area contributed by atoms with E-state index in [1.165, 1.54) is 16.2 Å². The minimum Gasteiger partial charge on any atom is -0.507 e. The molecule has 188 valence electrons. The van der Waals surface area contributed by atoms with Crippen LogP contribution in [0.2, 0.25) is 0 Å². The Morgan fingerprint density at radius 1 is 1.11 bits per heavy atom. The average Bonchev–Trinajstić information content (AvgIpc) is 3.41. The Balaban J connectivity index is 1.70. The van der Waals surface area contributed by atoms with Gasteiger partial charge in [0.1, 0.15) is 11.5 Å². The molecule has 1 saturated heterocycles. The molecule has 0 bridgehead atoms. The van der Waals surface area contributed by atoms with Crippen molar-refractivity contribution in [3.63, 3.8) is 0 Å². The number of anilines is 1. The van der Waals surface area contributed by atoms with E-state index >= 15 is 0 Å². The number of aryl methyl sites for hydroxylation is 1. The highest BCUT2D eigenvalue weighted by molar-refractivity contribution is 7.22. The molecule has 0 spiro atoms. The fourth-order valence-corrected chi connectivity index (χ4v) is 5.57. The van der Waals surface area contributed by atoms with Crippen LogP contribution in [0.25, 0.3) is 16.0 Å². The van der Waals surface area contributed by atoms with Gasteiger partial charge in [-0.05, 0) is 65.4 Å². The van der Waals surface area contributed by atoms with Gasteiger partial charge in [0, 0.05) is 18.0 Å². The molecule has 0 aliphatic carbocycles. The molecule has 1 N–H and O–H groups in total. The highest BCUT2D eigenvalue weighted by Crippen LogP contribution is 2.45. The van der Waals surface area contributed by atoms with Gasteiger partial charge in [-0.1, -0.05) is 44.2 Å². The summed E-state index contributed by atoms with van der Waals surface area (Å²) in [7, 11) is 1.56. The van der Waals surface area contributed by atoms with E-state index in [0.29, 0.717) is 27.6 Å². The summed E-state index contributed by atoms with van der Waals surface area (Å²) in [6.45, 7) is 8.22. The smallest absolute Gasteiger partial charge is 0.301 e. The molecule has 4 aromatic rings. The number of carbonyl (C=O) groups excluding carboxylic acids is 2. The Morgan fingerprint density at radius 2 is 1.89 bits per heavy atom. The van der Waals surface area contributed by atoms with Gasteiger partial charge in [0.15, 0.2) is 5.13 Å². The fourth-order valence-electron chi connectivity index (χ4n) is 4.54. The summed E-state index contributed by atoms with van der Waals surface area (Å²) in [4.78, 5) is 37.2. The first-order chi connectivity index (χ1) is 17.6. The van der Waals surface area contributed by atoms with Crippen LogP contribution < -0.4 is 9.64 Å². The average molecular weight is 514 g/mol. The summed E-state index contributed by atoms with van der Waals surface area (Å²) in [6.07, 6.45) is 3.22. The van der Waals surface area contributed by atoms with E-state index in [9.17, 15) is 14.7 Å². The molecule has 1 aliphatic rings. The number of thiazole rings is 1. The van der Waals surface area contributed by atoms with E-state index in [0.717, 1.165) is 15.8 Å². The number of aromatic nitrogens is 2. The molecule has 1 amide bonds. The number of aliphatic hydroxyl groups excluding tert-OH is 1. The van der Waals surface area contributed by atoms with Gasteiger partial charge < -0.3 is 9.84 Å². The van der Waals surface area contributed by atoms with E-state index in [4.69, 9.17) is 9.72 Å². The van der Waals surface area contributed by atoms with Gasteiger partial charge in [-0.15, -0.1) is 0 Å². The third kappa shape index (κ3) is 4.27. The Bertz CT molecular complexity index is 1570. The second-order valence-corrected chi connectivity index (χ2v) is 11.1. The number of carbonyl (C=O) groups is 2. The zero-order chi connectivity index (χ0) is 26.5. The largest absolute Gasteiger partial charge is 0.507 e. The highest BCUT2D eigenvalue weighted by atomic mass is 32.1. The van der Waals surface area contributed by atoms with Gasteiger partial charge in [0.05, 0.1) is 28.9 Å². The summed E-state index contributed by atoms with van der Waals surface area (Å²) in [5, 5.41) is 11.8. The number of ether oxygens (including phenoxy) is 1. The van der Waals surface area contributed by atoms with Crippen LogP contribution in [-0.2, 0) is 15.0 Å². The standard InChI is InChI=1S/C29H27N3O4S/c1-16-13-19(36-5)9-10-20(16)25(33)23-24(17-7-6-12-30-15-17)32(27(35)26(23)34)28-31-21-11-8-18(29(2,3)4)14-22(21)37-28/h6-15,24,33H,1-5H3/b25-23+. The molecular formula is C29H27N3O4S. The van der Waals surface area contributed by atoms with Crippen molar-refractivity contribution in [3.05, 3.63) is 88.8 Å². The third-order valence-corrected chi connectivity index (χ3v) is 7.60. The molecule has 7 nitrogen and oxygen atoms in total. The summed E-state index contributed by atoms with van der Waals surface area (Å²) in [5.74, 6) is -1.12. The number of fused-ring (bicyclic) bond motifs is 1. The molecule has 0 radical (unpaired) electrons. The normalized spacial score (nSPS) is 17.5. The number of methoxy groups -OCH3 is 1. The number of ketones is 1. The maximum absolute atomic E-state index is 13.5. The number of Topliss-reactive ketones (excluding diaryl/α,β-unsaturated/α-hetero) is 1. The molecule has 2 aromatic heterocycles. The molecule has 8 heteroatoms. The van der Waals surface area contributed by atoms with Crippen molar-refractivity contribution >= 4 is 44.1 Å². The maximum atomic E-state index is 13.5. The van der Waals surface area contributed by atoms with Crippen LogP contribution in [-0.4, -0.2) is 33.9 Å². The minimum atomic E-state index is -0.877. The van der Waals surface area contributed by atoms with Gasteiger partial charge in [-0.25, -0.2) is 4.98 Å². The lowest BCUT2D eigenvalue weighted by atomic mass is 9.87. The van der Waals surface area contributed by atoms with E-state index in [1.807, 2.05) is 19.1 Å². The molecule has 1 aliphatic heterocycles. The van der Waals surface area contributed by atoms with Crippen molar-refractivity contribution in [2.75, 3.05) is 12.0 Å². The molecule has 2 aromatic carbocycles. The molecular weight excluding hydrogens is 486 g/mol. The van der Waals surface area contributed by atoms with Crippen LogP contribution in [0.5, 0.6) is 5.75 Å². The molecule has 1 fully saturated rings. The monoisotopic (exact) mass is 513 g/mol. The molecule has 5 rings (SSSR count). The first-order valence-electron chi connectivity index (χ1n) is 11.9. The number of pyridine rings is 1. The highest BCUT2D eigenvalue weighted by Gasteiger charge is 2.48. The van der Waals surface area contributed by atoms with Crippen LogP contribution in [0, 0.1) is 6.92 Å². The zero-order valence-electron chi connectivity index (χ0n) is 21.3. The molecule has 3 heterocycles. The number of aliphatic hydroxyl groups is 1. The van der Waals surface area contributed by atoms with Crippen molar-refractivity contribution in [3.8, 4) is 5.75 Å². The van der Waals surface area contributed by atoms with Crippen LogP contribution in [0.4, 0.5) is 5.13 Å². The SMILES string of the molecule is COc1ccc(/C(O)=C2\C(=O)C(=O)N(c3nc4ccc(C(C)(C)C)cc4s3)C2c2cccnc2)c(C)c1. The van der Waals surface area contributed by atoms with Crippen molar-refractivity contribution in [1.29, 1.82) is 0 Å². The minimum absolute atomic E-state index is 0.000837. The summed E-state index contributed by atoms with van der Waals surface area (Å²) >= 11 is 1.35. The van der Waals surface area contributed by atoms with Gasteiger partial charge in [0.2, 0.25) is 0 Å². The van der Waals surface area contributed by atoms with Gasteiger partial charge >= 0.3 is 5.91 Å². The second-order valence-electron chi connectivity index (χ2n) is 10.1. The van der Waals surface area contributed by atoms with Crippen molar-refractivity contribution in [1.82, 2.24) is 9.97 Å².